The quantitative estimate of drug-likeness (QED) is 0.780. The smallest absolute Gasteiger partial charge is 0.411 e. The van der Waals surface area contributed by atoms with Crippen molar-refractivity contribution in [1.82, 2.24) is 0 Å². The van der Waals surface area contributed by atoms with E-state index in [1.165, 1.54) is 7.11 Å². The highest BCUT2D eigenvalue weighted by molar-refractivity contribution is 9.10. The van der Waals surface area contributed by atoms with Gasteiger partial charge in [0.15, 0.2) is 0 Å². The van der Waals surface area contributed by atoms with Crippen LogP contribution >= 0.6 is 15.9 Å². The zero-order valence-corrected chi connectivity index (χ0v) is 13.0. The van der Waals surface area contributed by atoms with Crippen LogP contribution in [0.5, 0.6) is 5.75 Å². The molecule has 0 aliphatic heterocycles. The first kappa shape index (κ1) is 15.2. The third-order valence-electron chi connectivity index (χ3n) is 2.80. The van der Waals surface area contributed by atoms with Gasteiger partial charge >= 0.3 is 6.09 Å². The summed E-state index contributed by atoms with van der Waals surface area (Å²) >= 11 is 3.28. The van der Waals surface area contributed by atoms with Crippen LogP contribution in [0.2, 0.25) is 0 Å². The van der Waals surface area contributed by atoms with Gasteiger partial charge in [-0.15, -0.1) is 0 Å². The molecule has 110 valence electrons. The highest BCUT2D eigenvalue weighted by Crippen LogP contribution is 2.25. The second-order valence-electron chi connectivity index (χ2n) is 4.34. The molecule has 0 spiro atoms. The molecule has 0 saturated heterocycles. The predicted octanol–water partition coefficient (Wildman–Crippen LogP) is 3.95. The Morgan fingerprint density at radius 1 is 1.24 bits per heavy atom. The van der Waals surface area contributed by atoms with Crippen molar-refractivity contribution >= 4 is 33.4 Å². The Bertz CT molecular complexity index is 647. The number of hydrogen-bond donors (Lipinski definition) is 3. The Morgan fingerprint density at radius 2 is 2.00 bits per heavy atom. The van der Waals surface area contributed by atoms with E-state index in [9.17, 15) is 9.90 Å². The zero-order chi connectivity index (χ0) is 15.2. The third kappa shape index (κ3) is 4.39. The molecule has 1 amide bonds. The first-order chi connectivity index (χ1) is 10.1. The van der Waals surface area contributed by atoms with Crippen LogP contribution in [0.1, 0.15) is 5.56 Å². The van der Waals surface area contributed by atoms with Crippen LogP contribution in [-0.2, 0) is 11.3 Å². The second kappa shape index (κ2) is 6.99. The standard InChI is InChI=1S/C15H15BrN2O3/c1-21-15(20)18-12-4-2-3-11(8-12)17-9-10-5-6-14(19)13(16)7-10/h2-8,17,19H,9H2,1H3,(H,18,20). The zero-order valence-electron chi connectivity index (χ0n) is 11.4. The maximum Gasteiger partial charge on any atom is 0.411 e. The molecule has 0 fully saturated rings. The molecule has 0 aromatic heterocycles. The van der Waals surface area contributed by atoms with Crippen LogP contribution in [0, 0.1) is 0 Å². The molecule has 2 aromatic carbocycles. The van der Waals surface area contributed by atoms with Crippen LogP contribution in [0.15, 0.2) is 46.9 Å². The summed E-state index contributed by atoms with van der Waals surface area (Å²) < 4.78 is 5.20. The van der Waals surface area contributed by atoms with E-state index in [1.807, 2.05) is 30.3 Å². The minimum Gasteiger partial charge on any atom is -0.507 e. The number of hydrogen-bond acceptors (Lipinski definition) is 4. The largest absolute Gasteiger partial charge is 0.507 e. The number of amides is 1. The van der Waals surface area contributed by atoms with Gasteiger partial charge in [-0.05, 0) is 51.8 Å². The second-order valence-corrected chi connectivity index (χ2v) is 5.19. The van der Waals surface area contributed by atoms with E-state index >= 15 is 0 Å². The van der Waals surface area contributed by atoms with Gasteiger partial charge in [-0.25, -0.2) is 4.79 Å². The van der Waals surface area contributed by atoms with Gasteiger partial charge in [0.05, 0.1) is 11.6 Å². The highest BCUT2D eigenvalue weighted by atomic mass is 79.9. The third-order valence-corrected chi connectivity index (χ3v) is 3.44. The van der Waals surface area contributed by atoms with Gasteiger partial charge < -0.3 is 15.2 Å². The number of carbonyl (C=O) groups is 1. The molecular weight excluding hydrogens is 336 g/mol. The van der Waals surface area contributed by atoms with Gasteiger partial charge in [0, 0.05) is 17.9 Å². The molecule has 0 atom stereocenters. The van der Waals surface area contributed by atoms with Gasteiger partial charge in [-0.2, -0.15) is 0 Å². The number of carbonyl (C=O) groups excluding carboxylic acids is 1. The topological polar surface area (TPSA) is 70.6 Å². The Kier molecular flexibility index (Phi) is 5.05. The number of phenols is 1. The molecular formula is C15H15BrN2O3. The molecule has 0 aliphatic rings. The van der Waals surface area contributed by atoms with E-state index in [4.69, 9.17) is 0 Å². The lowest BCUT2D eigenvalue weighted by atomic mass is 10.2. The lowest BCUT2D eigenvalue weighted by Crippen LogP contribution is -2.11. The molecule has 6 heteroatoms. The predicted molar refractivity (Wildman–Crippen MR) is 85.6 cm³/mol. The number of rotatable bonds is 4. The molecule has 5 nitrogen and oxygen atoms in total. The van der Waals surface area contributed by atoms with Gasteiger partial charge in [0.1, 0.15) is 5.75 Å². The van der Waals surface area contributed by atoms with Gasteiger partial charge in [-0.3, -0.25) is 5.32 Å². The van der Waals surface area contributed by atoms with E-state index in [2.05, 4.69) is 31.3 Å². The molecule has 0 unspecified atom stereocenters. The molecule has 2 aromatic rings. The molecule has 0 aliphatic carbocycles. The number of aromatic hydroxyl groups is 1. The van der Waals surface area contributed by atoms with Gasteiger partial charge in [-0.1, -0.05) is 12.1 Å². The van der Waals surface area contributed by atoms with Crippen LogP contribution in [0.3, 0.4) is 0 Å². The average Bonchev–Trinajstić information content (AvgIpc) is 2.49. The van der Waals surface area contributed by atoms with Crippen molar-refractivity contribution < 1.29 is 14.6 Å². The Hall–Kier alpha value is -2.21. The van der Waals surface area contributed by atoms with E-state index in [-0.39, 0.29) is 5.75 Å². The Morgan fingerprint density at radius 3 is 2.71 bits per heavy atom. The summed E-state index contributed by atoms with van der Waals surface area (Å²) in [6.07, 6.45) is -0.505. The van der Waals surface area contributed by atoms with E-state index in [0.29, 0.717) is 16.7 Å². The van der Waals surface area contributed by atoms with E-state index in [0.717, 1.165) is 11.3 Å². The summed E-state index contributed by atoms with van der Waals surface area (Å²) in [5.41, 5.74) is 2.54. The lowest BCUT2D eigenvalue weighted by molar-refractivity contribution is 0.187. The number of ether oxygens (including phenoxy) is 1. The summed E-state index contributed by atoms with van der Waals surface area (Å²) in [5, 5.41) is 15.3. The summed E-state index contributed by atoms with van der Waals surface area (Å²) in [5.74, 6) is 0.211. The van der Waals surface area contributed by atoms with Crippen LogP contribution in [-0.4, -0.2) is 18.3 Å². The van der Waals surface area contributed by atoms with Gasteiger partial charge in [0.2, 0.25) is 0 Å². The van der Waals surface area contributed by atoms with Crippen LogP contribution < -0.4 is 10.6 Å². The molecule has 0 radical (unpaired) electrons. The molecule has 0 saturated carbocycles. The lowest BCUT2D eigenvalue weighted by Gasteiger charge is -2.10. The normalized spacial score (nSPS) is 10.0. The number of nitrogens with one attached hydrogen (secondary N) is 2. The number of methoxy groups -OCH3 is 1. The van der Waals surface area contributed by atoms with Gasteiger partial charge in [0.25, 0.3) is 0 Å². The molecule has 3 N–H and O–H groups in total. The van der Waals surface area contributed by atoms with Crippen molar-refractivity contribution in [3.05, 3.63) is 52.5 Å². The summed E-state index contributed by atoms with van der Waals surface area (Å²) in [4.78, 5) is 11.2. The maximum absolute atomic E-state index is 11.2. The van der Waals surface area contributed by atoms with Crippen molar-refractivity contribution in [3.63, 3.8) is 0 Å². The molecule has 21 heavy (non-hydrogen) atoms. The molecule has 0 heterocycles. The van der Waals surface area contributed by atoms with E-state index < -0.39 is 6.09 Å². The van der Waals surface area contributed by atoms with E-state index in [1.54, 1.807) is 12.1 Å². The Labute approximate surface area is 131 Å². The average molecular weight is 351 g/mol. The van der Waals surface area contributed by atoms with Crippen molar-refractivity contribution in [2.24, 2.45) is 0 Å². The fourth-order valence-corrected chi connectivity index (χ4v) is 2.17. The minimum absolute atomic E-state index is 0.211. The summed E-state index contributed by atoms with van der Waals surface area (Å²) in [6.45, 7) is 0.598. The van der Waals surface area contributed by atoms with Crippen LogP contribution in [0.4, 0.5) is 16.2 Å². The fourth-order valence-electron chi connectivity index (χ4n) is 1.74. The molecule has 2 rings (SSSR count). The first-order valence-electron chi connectivity index (χ1n) is 6.25. The van der Waals surface area contributed by atoms with Crippen LogP contribution in [0.25, 0.3) is 0 Å². The minimum atomic E-state index is -0.505. The number of halogens is 1. The summed E-state index contributed by atoms with van der Waals surface area (Å²) in [6, 6.07) is 12.6. The number of phenolic OH excluding ortho intramolecular Hbond substituents is 1. The summed E-state index contributed by atoms with van der Waals surface area (Å²) in [7, 11) is 1.32. The molecule has 0 bridgehead atoms. The Balaban J connectivity index is 2.01. The van der Waals surface area contributed by atoms with Crippen molar-refractivity contribution in [2.45, 2.75) is 6.54 Å². The van der Waals surface area contributed by atoms with Crippen molar-refractivity contribution in [1.29, 1.82) is 0 Å². The number of benzene rings is 2. The fraction of sp³-hybridized carbons (Fsp3) is 0.133. The van der Waals surface area contributed by atoms with Crippen molar-refractivity contribution in [2.75, 3.05) is 17.7 Å². The maximum atomic E-state index is 11.2. The first-order valence-corrected chi connectivity index (χ1v) is 7.04. The number of anilines is 2. The van der Waals surface area contributed by atoms with Crippen molar-refractivity contribution in [3.8, 4) is 5.75 Å². The monoisotopic (exact) mass is 350 g/mol. The SMILES string of the molecule is COC(=O)Nc1cccc(NCc2ccc(O)c(Br)c2)c1. The highest BCUT2D eigenvalue weighted by Gasteiger charge is 2.02.